The van der Waals surface area contributed by atoms with Gasteiger partial charge in [-0.3, -0.25) is 9.78 Å². The van der Waals surface area contributed by atoms with E-state index in [0.717, 1.165) is 12.3 Å². The highest BCUT2D eigenvalue weighted by atomic mass is 19.4. The second kappa shape index (κ2) is 6.68. The van der Waals surface area contributed by atoms with E-state index >= 15 is 0 Å². The van der Waals surface area contributed by atoms with E-state index < -0.39 is 11.9 Å². The third-order valence-electron chi connectivity index (χ3n) is 3.22. The van der Waals surface area contributed by atoms with Crippen LogP contribution in [0.5, 0.6) is 11.6 Å². The van der Waals surface area contributed by atoms with E-state index in [2.05, 4.69) is 15.0 Å². The third-order valence-corrected chi connectivity index (χ3v) is 3.22. The molecule has 0 N–H and O–H groups in total. The van der Waals surface area contributed by atoms with E-state index in [1.165, 1.54) is 18.5 Å². The van der Waals surface area contributed by atoms with Crippen molar-refractivity contribution in [2.24, 2.45) is 0 Å². The summed E-state index contributed by atoms with van der Waals surface area (Å²) in [6, 6.07) is 8.47. The van der Waals surface area contributed by atoms with Crippen LogP contribution in [0.2, 0.25) is 0 Å². The van der Waals surface area contributed by atoms with E-state index in [4.69, 9.17) is 4.74 Å². The largest absolute Gasteiger partial charge is 0.437 e. The molecular weight excluding hydrogens is 335 g/mol. The van der Waals surface area contributed by atoms with Crippen LogP contribution in [0, 0.1) is 0 Å². The molecule has 0 saturated carbocycles. The zero-order chi connectivity index (χ0) is 17.9. The van der Waals surface area contributed by atoms with Crippen LogP contribution in [0.4, 0.5) is 13.2 Å². The molecular formula is C17H10F3N3O2. The number of nitrogens with zero attached hydrogens (tertiary/aromatic N) is 3. The molecule has 0 radical (unpaired) electrons. The van der Waals surface area contributed by atoms with Gasteiger partial charge in [0, 0.05) is 29.7 Å². The van der Waals surface area contributed by atoms with E-state index in [1.54, 1.807) is 24.3 Å². The number of aldehydes is 1. The molecule has 2 heterocycles. The number of carbonyl (C=O) groups is 1. The number of hydrogen-bond donors (Lipinski definition) is 0. The predicted octanol–water partition coefficient (Wildman–Crippen LogP) is 4.16. The van der Waals surface area contributed by atoms with Gasteiger partial charge in [-0.1, -0.05) is 0 Å². The van der Waals surface area contributed by atoms with Gasteiger partial charge in [0.2, 0.25) is 5.88 Å². The van der Waals surface area contributed by atoms with Crippen LogP contribution in [-0.4, -0.2) is 21.2 Å². The number of carbonyl (C=O) groups excluding carboxylic acids is 1. The first kappa shape index (κ1) is 16.6. The summed E-state index contributed by atoms with van der Waals surface area (Å²) in [6.45, 7) is 0. The first-order valence-corrected chi connectivity index (χ1v) is 7.05. The van der Waals surface area contributed by atoms with E-state index in [0.29, 0.717) is 17.6 Å². The van der Waals surface area contributed by atoms with E-state index in [9.17, 15) is 18.0 Å². The molecule has 3 rings (SSSR count). The SMILES string of the molecule is O=Cc1ccc(Oc2nccnc2-c2ccnc(C(F)(F)F)c2)cc1. The van der Waals surface area contributed by atoms with Gasteiger partial charge >= 0.3 is 6.18 Å². The maximum Gasteiger partial charge on any atom is 0.433 e. The van der Waals surface area contributed by atoms with Crippen LogP contribution in [0.25, 0.3) is 11.3 Å². The Morgan fingerprint density at radius 2 is 1.64 bits per heavy atom. The minimum absolute atomic E-state index is 0.0423. The van der Waals surface area contributed by atoms with Gasteiger partial charge < -0.3 is 4.74 Å². The highest BCUT2D eigenvalue weighted by Crippen LogP contribution is 2.33. The van der Waals surface area contributed by atoms with Crippen molar-refractivity contribution >= 4 is 6.29 Å². The lowest BCUT2D eigenvalue weighted by molar-refractivity contribution is -0.141. The molecule has 25 heavy (non-hydrogen) atoms. The van der Waals surface area contributed by atoms with Gasteiger partial charge in [0.05, 0.1) is 0 Å². The summed E-state index contributed by atoms with van der Waals surface area (Å²) in [6.07, 6.45) is -0.109. The fraction of sp³-hybridized carbons (Fsp3) is 0.0588. The van der Waals surface area contributed by atoms with Crippen LogP contribution in [0.3, 0.4) is 0 Å². The van der Waals surface area contributed by atoms with E-state index in [1.807, 2.05) is 0 Å². The lowest BCUT2D eigenvalue weighted by atomic mass is 10.1. The first-order valence-electron chi connectivity index (χ1n) is 7.05. The van der Waals surface area contributed by atoms with Gasteiger partial charge in [0.25, 0.3) is 0 Å². The van der Waals surface area contributed by atoms with Crippen molar-refractivity contribution in [3.63, 3.8) is 0 Å². The van der Waals surface area contributed by atoms with Crippen molar-refractivity contribution in [3.05, 3.63) is 66.2 Å². The Balaban J connectivity index is 1.97. The van der Waals surface area contributed by atoms with E-state index in [-0.39, 0.29) is 17.1 Å². The van der Waals surface area contributed by atoms with Gasteiger partial charge in [-0.15, -0.1) is 0 Å². The normalized spacial score (nSPS) is 11.2. The van der Waals surface area contributed by atoms with Crippen LogP contribution in [0.1, 0.15) is 16.1 Å². The summed E-state index contributed by atoms with van der Waals surface area (Å²) in [5.41, 5.74) is -0.239. The number of pyridine rings is 1. The topological polar surface area (TPSA) is 65.0 Å². The number of ether oxygens (including phenoxy) is 1. The van der Waals surface area contributed by atoms with Crippen molar-refractivity contribution in [3.8, 4) is 22.9 Å². The maximum absolute atomic E-state index is 12.8. The Labute approximate surface area is 140 Å². The molecule has 0 unspecified atom stereocenters. The Kier molecular flexibility index (Phi) is 4.42. The minimum atomic E-state index is -4.57. The molecule has 0 bridgehead atoms. The molecule has 0 fully saturated rings. The second-order valence-electron chi connectivity index (χ2n) is 4.93. The van der Waals surface area contributed by atoms with Crippen molar-refractivity contribution in [2.75, 3.05) is 0 Å². The molecule has 0 aliphatic rings. The number of halogens is 3. The summed E-state index contributed by atoms with van der Waals surface area (Å²) in [7, 11) is 0. The smallest absolute Gasteiger partial charge is 0.433 e. The van der Waals surface area contributed by atoms with Crippen molar-refractivity contribution < 1.29 is 22.7 Å². The molecule has 0 saturated heterocycles. The highest BCUT2D eigenvalue weighted by molar-refractivity contribution is 5.75. The van der Waals surface area contributed by atoms with Gasteiger partial charge in [-0.05, 0) is 36.4 Å². The fourth-order valence-electron chi connectivity index (χ4n) is 2.06. The lowest BCUT2D eigenvalue weighted by Gasteiger charge is -2.11. The lowest BCUT2D eigenvalue weighted by Crippen LogP contribution is -2.07. The Bertz CT molecular complexity index is 896. The van der Waals surface area contributed by atoms with Gasteiger partial charge in [0.1, 0.15) is 23.4 Å². The molecule has 0 spiro atoms. The average Bonchev–Trinajstić information content (AvgIpc) is 2.62. The molecule has 0 atom stereocenters. The fourth-order valence-corrected chi connectivity index (χ4v) is 2.06. The minimum Gasteiger partial charge on any atom is -0.437 e. The van der Waals surface area contributed by atoms with Crippen LogP contribution in [-0.2, 0) is 6.18 Å². The molecule has 1 aromatic carbocycles. The number of alkyl halides is 3. The van der Waals surface area contributed by atoms with Gasteiger partial charge in [0.15, 0.2) is 0 Å². The van der Waals surface area contributed by atoms with Crippen LogP contribution >= 0.6 is 0 Å². The van der Waals surface area contributed by atoms with Crippen LogP contribution < -0.4 is 4.74 Å². The second-order valence-corrected chi connectivity index (χ2v) is 4.93. The van der Waals surface area contributed by atoms with Crippen molar-refractivity contribution in [2.45, 2.75) is 6.18 Å². The Hall–Kier alpha value is -3.29. The number of benzene rings is 1. The molecule has 0 amide bonds. The summed E-state index contributed by atoms with van der Waals surface area (Å²) in [5.74, 6) is 0.415. The molecule has 8 heteroatoms. The number of rotatable bonds is 4. The molecule has 5 nitrogen and oxygen atoms in total. The number of aromatic nitrogens is 3. The molecule has 0 aliphatic carbocycles. The molecule has 0 aliphatic heterocycles. The standard InChI is InChI=1S/C17H10F3N3O2/c18-17(19,20)14-9-12(5-6-21-14)15-16(23-8-7-22-15)25-13-3-1-11(10-24)2-4-13/h1-10H. The van der Waals surface area contributed by atoms with Crippen LogP contribution in [0.15, 0.2) is 55.0 Å². The highest BCUT2D eigenvalue weighted by Gasteiger charge is 2.32. The predicted molar refractivity (Wildman–Crippen MR) is 82.2 cm³/mol. The summed E-state index contributed by atoms with van der Waals surface area (Å²) in [5, 5.41) is 0. The first-order chi connectivity index (χ1) is 12.0. The quantitative estimate of drug-likeness (QED) is 0.664. The zero-order valence-corrected chi connectivity index (χ0v) is 12.6. The third kappa shape index (κ3) is 3.79. The van der Waals surface area contributed by atoms with Crippen molar-refractivity contribution in [1.29, 1.82) is 0 Å². The monoisotopic (exact) mass is 345 g/mol. The molecule has 3 aromatic rings. The zero-order valence-electron chi connectivity index (χ0n) is 12.6. The average molecular weight is 345 g/mol. The molecule has 2 aromatic heterocycles. The Morgan fingerprint density at radius 3 is 2.32 bits per heavy atom. The van der Waals surface area contributed by atoms with Crippen molar-refractivity contribution in [1.82, 2.24) is 15.0 Å². The molecule has 126 valence electrons. The Morgan fingerprint density at radius 1 is 0.920 bits per heavy atom. The summed E-state index contributed by atoms with van der Waals surface area (Å²) in [4.78, 5) is 22.1. The van der Waals surface area contributed by atoms with Gasteiger partial charge in [-0.25, -0.2) is 9.97 Å². The summed E-state index contributed by atoms with van der Waals surface area (Å²) >= 11 is 0. The summed E-state index contributed by atoms with van der Waals surface area (Å²) < 4.78 is 44.1. The van der Waals surface area contributed by atoms with Gasteiger partial charge in [-0.2, -0.15) is 13.2 Å². The maximum atomic E-state index is 12.8. The number of hydrogen-bond acceptors (Lipinski definition) is 5.